The van der Waals surface area contributed by atoms with E-state index in [1.807, 2.05) is 11.8 Å². The van der Waals surface area contributed by atoms with Gasteiger partial charge in [-0.05, 0) is 38.0 Å². The molecule has 5 heteroatoms. The zero-order valence-corrected chi connectivity index (χ0v) is 15.2. The van der Waals surface area contributed by atoms with E-state index in [2.05, 4.69) is 33.8 Å². The van der Waals surface area contributed by atoms with E-state index in [1.54, 1.807) is 0 Å². The Labute approximate surface area is 134 Å². The van der Waals surface area contributed by atoms with Gasteiger partial charge in [0.05, 0.1) is 17.4 Å². The van der Waals surface area contributed by atoms with Gasteiger partial charge in [-0.1, -0.05) is 32.4 Å². The number of allylic oxidation sites excluding steroid dienone is 2. The fraction of sp³-hybridized carbons (Fsp3) is 0.824. The van der Waals surface area contributed by atoms with E-state index in [4.69, 9.17) is 0 Å². The van der Waals surface area contributed by atoms with Gasteiger partial charge in [-0.2, -0.15) is 0 Å². The Bertz CT molecular complexity index is 573. The van der Waals surface area contributed by atoms with Crippen molar-refractivity contribution in [2.75, 3.05) is 18.1 Å². The van der Waals surface area contributed by atoms with E-state index in [1.165, 1.54) is 5.57 Å². The molecule has 1 aliphatic heterocycles. The number of carbonyl (C=O) groups excluding carboxylic acids is 1. The van der Waals surface area contributed by atoms with Crippen LogP contribution in [0.1, 0.15) is 47.5 Å². The van der Waals surface area contributed by atoms with Crippen LogP contribution in [0.3, 0.4) is 0 Å². The molecule has 3 unspecified atom stereocenters. The molecule has 4 nitrogen and oxygen atoms in total. The molecule has 126 valence electrons. The predicted octanol–water partition coefficient (Wildman–Crippen LogP) is 2.65. The van der Waals surface area contributed by atoms with Crippen molar-refractivity contribution in [3.8, 4) is 0 Å². The highest BCUT2D eigenvalue weighted by Gasteiger charge is 2.61. The summed E-state index contributed by atoms with van der Waals surface area (Å²) in [7, 11) is -2.96. The van der Waals surface area contributed by atoms with Gasteiger partial charge in [0.1, 0.15) is 0 Å². The molecule has 1 aliphatic carbocycles. The van der Waals surface area contributed by atoms with Gasteiger partial charge in [0.2, 0.25) is 5.91 Å². The molecule has 2 fully saturated rings. The maximum Gasteiger partial charge on any atom is 0.227 e. The molecule has 2 rings (SSSR count). The Hall–Kier alpha value is -0.840. The van der Waals surface area contributed by atoms with Crippen LogP contribution in [0.5, 0.6) is 0 Å². The molecule has 1 amide bonds. The van der Waals surface area contributed by atoms with Gasteiger partial charge in [0, 0.05) is 12.6 Å². The highest BCUT2D eigenvalue weighted by molar-refractivity contribution is 7.91. The van der Waals surface area contributed by atoms with Gasteiger partial charge in [-0.15, -0.1) is 0 Å². The van der Waals surface area contributed by atoms with Crippen LogP contribution in [-0.2, 0) is 14.6 Å². The molecule has 0 aromatic rings. The predicted molar refractivity (Wildman–Crippen MR) is 89.3 cm³/mol. The van der Waals surface area contributed by atoms with Crippen molar-refractivity contribution in [2.45, 2.75) is 53.5 Å². The summed E-state index contributed by atoms with van der Waals surface area (Å²) in [5.41, 5.74) is 1.22. The van der Waals surface area contributed by atoms with E-state index in [-0.39, 0.29) is 40.7 Å². The van der Waals surface area contributed by atoms with E-state index < -0.39 is 9.84 Å². The lowest BCUT2D eigenvalue weighted by atomic mass is 10.1. The maximum atomic E-state index is 13.0. The van der Waals surface area contributed by atoms with Crippen molar-refractivity contribution < 1.29 is 13.2 Å². The van der Waals surface area contributed by atoms with Crippen molar-refractivity contribution in [1.82, 2.24) is 4.90 Å². The monoisotopic (exact) mass is 327 g/mol. The second-order valence-electron chi connectivity index (χ2n) is 7.66. The second-order valence-corrected chi connectivity index (χ2v) is 9.89. The lowest BCUT2D eigenvalue weighted by Gasteiger charge is -2.28. The Morgan fingerprint density at radius 3 is 2.41 bits per heavy atom. The minimum Gasteiger partial charge on any atom is -0.338 e. The Morgan fingerprint density at radius 1 is 1.32 bits per heavy atom. The van der Waals surface area contributed by atoms with Gasteiger partial charge in [-0.25, -0.2) is 8.42 Å². The summed E-state index contributed by atoms with van der Waals surface area (Å²) >= 11 is 0. The summed E-state index contributed by atoms with van der Waals surface area (Å²) in [4.78, 5) is 14.9. The van der Waals surface area contributed by atoms with E-state index in [0.29, 0.717) is 13.0 Å². The summed E-state index contributed by atoms with van der Waals surface area (Å²) in [5, 5.41) is 0. The van der Waals surface area contributed by atoms with E-state index in [0.717, 1.165) is 6.42 Å². The third kappa shape index (κ3) is 3.39. The molecule has 1 saturated heterocycles. The number of sulfone groups is 1. The quantitative estimate of drug-likeness (QED) is 0.730. The molecule has 1 heterocycles. The zero-order chi connectivity index (χ0) is 16.7. The van der Waals surface area contributed by atoms with Crippen LogP contribution in [-0.4, -0.2) is 43.3 Å². The van der Waals surface area contributed by atoms with Crippen molar-refractivity contribution in [3.05, 3.63) is 11.6 Å². The van der Waals surface area contributed by atoms with Crippen LogP contribution in [0.15, 0.2) is 11.6 Å². The number of hydrogen-bond acceptors (Lipinski definition) is 3. The average molecular weight is 327 g/mol. The fourth-order valence-corrected chi connectivity index (χ4v) is 5.46. The van der Waals surface area contributed by atoms with Crippen LogP contribution >= 0.6 is 0 Å². The molecule has 22 heavy (non-hydrogen) atoms. The lowest BCUT2D eigenvalue weighted by Crippen LogP contribution is -2.43. The number of nitrogens with zero attached hydrogens (tertiary/aromatic N) is 1. The first-order valence-corrected chi connectivity index (χ1v) is 10.1. The van der Waals surface area contributed by atoms with E-state index in [9.17, 15) is 13.2 Å². The number of amides is 1. The molecule has 1 saturated carbocycles. The third-order valence-corrected chi connectivity index (χ3v) is 6.84. The third-order valence-electron chi connectivity index (χ3n) is 5.09. The lowest BCUT2D eigenvalue weighted by molar-refractivity contribution is -0.135. The summed E-state index contributed by atoms with van der Waals surface area (Å²) in [6, 6.07) is -0.124. The first-order chi connectivity index (χ1) is 10.1. The number of rotatable bonds is 5. The van der Waals surface area contributed by atoms with Gasteiger partial charge in [0.25, 0.3) is 0 Å². The van der Waals surface area contributed by atoms with Crippen molar-refractivity contribution in [1.29, 1.82) is 0 Å². The summed E-state index contributed by atoms with van der Waals surface area (Å²) in [6.07, 6.45) is 3.65. The summed E-state index contributed by atoms with van der Waals surface area (Å²) in [6.45, 7) is 11.1. The summed E-state index contributed by atoms with van der Waals surface area (Å²) < 4.78 is 23.5. The highest BCUT2D eigenvalue weighted by atomic mass is 32.2. The molecule has 0 radical (unpaired) electrons. The molecule has 0 aromatic heterocycles. The van der Waals surface area contributed by atoms with Crippen LogP contribution in [0, 0.1) is 17.3 Å². The SMILES string of the molecule is CCCN(C(=O)C1C(C=C(C)C)C1(C)C)C1CCS(=O)(=O)C1. The van der Waals surface area contributed by atoms with Gasteiger partial charge < -0.3 is 4.90 Å². The Balaban J connectivity index is 2.16. The Kier molecular flexibility index (Phi) is 4.77. The average Bonchev–Trinajstić information content (AvgIpc) is 2.73. The minimum atomic E-state index is -2.96. The summed E-state index contributed by atoms with van der Waals surface area (Å²) in [5.74, 6) is 0.784. The molecule has 0 aromatic carbocycles. The molecular formula is C17H29NO3S. The van der Waals surface area contributed by atoms with Gasteiger partial charge >= 0.3 is 0 Å². The van der Waals surface area contributed by atoms with Gasteiger partial charge in [0.15, 0.2) is 9.84 Å². The standard InChI is InChI=1S/C17H29NO3S/c1-6-8-18(13-7-9-22(20,21)11-13)16(19)15-14(10-12(2)3)17(15,4)5/h10,13-15H,6-9,11H2,1-5H3. The van der Waals surface area contributed by atoms with Crippen LogP contribution in [0.4, 0.5) is 0 Å². The number of hydrogen-bond donors (Lipinski definition) is 0. The van der Waals surface area contributed by atoms with Crippen molar-refractivity contribution in [2.24, 2.45) is 17.3 Å². The minimum absolute atomic E-state index is 0.00254. The topological polar surface area (TPSA) is 54.5 Å². The molecule has 2 aliphatic rings. The van der Waals surface area contributed by atoms with Crippen molar-refractivity contribution >= 4 is 15.7 Å². The second kappa shape index (κ2) is 5.99. The first-order valence-electron chi connectivity index (χ1n) is 8.26. The molecule has 0 spiro atoms. The molecule has 0 N–H and O–H groups in total. The van der Waals surface area contributed by atoms with Crippen molar-refractivity contribution in [3.63, 3.8) is 0 Å². The van der Waals surface area contributed by atoms with Crippen LogP contribution in [0.25, 0.3) is 0 Å². The number of carbonyl (C=O) groups is 1. The van der Waals surface area contributed by atoms with Gasteiger partial charge in [-0.3, -0.25) is 4.79 Å². The molecule has 0 bridgehead atoms. The van der Waals surface area contributed by atoms with Crippen LogP contribution < -0.4 is 0 Å². The Morgan fingerprint density at radius 2 is 1.95 bits per heavy atom. The largest absolute Gasteiger partial charge is 0.338 e. The zero-order valence-electron chi connectivity index (χ0n) is 14.4. The molecular weight excluding hydrogens is 298 g/mol. The normalized spacial score (nSPS) is 31.6. The first kappa shape index (κ1) is 17.5. The fourth-order valence-electron chi connectivity index (χ4n) is 3.73. The van der Waals surface area contributed by atoms with E-state index >= 15 is 0 Å². The molecule has 3 atom stereocenters. The maximum absolute atomic E-state index is 13.0. The smallest absolute Gasteiger partial charge is 0.227 e. The van der Waals surface area contributed by atoms with Crippen LogP contribution in [0.2, 0.25) is 0 Å². The highest BCUT2D eigenvalue weighted by Crippen LogP contribution is 2.60.